The van der Waals surface area contributed by atoms with Gasteiger partial charge in [-0.1, -0.05) is 0 Å². The molecule has 1 unspecified atom stereocenters. The maximum absolute atomic E-state index is 13.0. The summed E-state index contributed by atoms with van der Waals surface area (Å²) in [6.45, 7) is 5.94. The van der Waals surface area contributed by atoms with E-state index in [0.29, 0.717) is 54.5 Å². The van der Waals surface area contributed by atoms with Crippen LogP contribution in [0.25, 0.3) is 22.4 Å². The van der Waals surface area contributed by atoms with Crippen LogP contribution in [0.15, 0.2) is 18.3 Å². The minimum atomic E-state index is -0.801. The van der Waals surface area contributed by atoms with E-state index in [4.69, 9.17) is 20.6 Å². The van der Waals surface area contributed by atoms with E-state index in [9.17, 15) is 9.59 Å². The summed E-state index contributed by atoms with van der Waals surface area (Å²) in [5.41, 5.74) is 8.92. The minimum absolute atomic E-state index is 0.111. The highest BCUT2D eigenvalue weighted by molar-refractivity contribution is 6.09. The maximum atomic E-state index is 13.0. The summed E-state index contributed by atoms with van der Waals surface area (Å²) in [6, 6.07) is 3.00. The number of anilines is 2. The summed E-state index contributed by atoms with van der Waals surface area (Å²) in [5, 5.41) is 11.7. The van der Waals surface area contributed by atoms with Gasteiger partial charge in [0, 0.05) is 25.2 Å². The zero-order chi connectivity index (χ0) is 21.7. The SMILES string of the molecule is CC(C(N)=O)N1C(=O)CCn2nc(-c3ccn[nH]3)c3nc(N4CCOC[C@H]4C)cc1c32. The Morgan fingerprint density at radius 1 is 1.39 bits per heavy atom. The van der Waals surface area contributed by atoms with Gasteiger partial charge in [0.2, 0.25) is 11.8 Å². The number of primary amides is 1. The zero-order valence-electron chi connectivity index (χ0n) is 17.4. The molecule has 0 spiro atoms. The Morgan fingerprint density at radius 2 is 2.23 bits per heavy atom. The first-order valence-corrected chi connectivity index (χ1v) is 10.3. The number of aromatic amines is 1. The maximum Gasteiger partial charge on any atom is 0.240 e. The fourth-order valence-electron chi connectivity index (χ4n) is 4.29. The van der Waals surface area contributed by atoms with Crippen LogP contribution in [-0.4, -0.2) is 68.6 Å². The van der Waals surface area contributed by atoms with Crippen molar-refractivity contribution in [1.82, 2.24) is 25.0 Å². The van der Waals surface area contributed by atoms with Crippen molar-refractivity contribution in [1.29, 1.82) is 0 Å². The normalized spacial score (nSPS) is 20.2. The fourth-order valence-corrected chi connectivity index (χ4v) is 4.29. The molecule has 2 aliphatic rings. The van der Waals surface area contributed by atoms with E-state index in [1.807, 2.05) is 12.1 Å². The van der Waals surface area contributed by atoms with E-state index < -0.39 is 11.9 Å². The van der Waals surface area contributed by atoms with Crippen molar-refractivity contribution in [3.8, 4) is 11.4 Å². The minimum Gasteiger partial charge on any atom is -0.377 e. The molecule has 1 fully saturated rings. The van der Waals surface area contributed by atoms with Gasteiger partial charge in [-0.2, -0.15) is 10.2 Å². The van der Waals surface area contributed by atoms with Gasteiger partial charge in [-0.3, -0.25) is 24.3 Å². The quantitative estimate of drug-likeness (QED) is 0.628. The van der Waals surface area contributed by atoms with Crippen molar-refractivity contribution in [2.24, 2.45) is 5.73 Å². The Hall–Kier alpha value is -3.47. The van der Waals surface area contributed by atoms with Gasteiger partial charge >= 0.3 is 0 Å². The highest BCUT2D eigenvalue weighted by Crippen LogP contribution is 2.38. The second-order valence-corrected chi connectivity index (χ2v) is 7.95. The van der Waals surface area contributed by atoms with Crippen LogP contribution in [-0.2, 0) is 20.9 Å². The lowest BCUT2D eigenvalue weighted by atomic mass is 10.1. The van der Waals surface area contributed by atoms with Gasteiger partial charge in [0.05, 0.1) is 37.2 Å². The molecule has 0 radical (unpaired) electrons. The molecule has 3 aromatic rings. The number of nitrogens with one attached hydrogen (secondary N) is 1. The highest BCUT2D eigenvalue weighted by atomic mass is 16.5. The molecule has 3 N–H and O–H groups in total. The van der Waals surface area contributed by atoms with E-state index in [2.05, 4.69) is 22.0 Å². The Bertz CT molecular complexity index is 1160. The molecule has 11 heteroatoms. The number of hydrogen-bond acceptors (Lipinski definition) is 7. The zero-order valence-corrected chi connectivity index (χ0v) is 17.4. The first-order valence-electron chi connectivity index (χ1n) is 10.3. The highest BCUT2D eigenvalue weighted by Gasteiger charge is 2.34. The number of ether oxygens (including phenoxy) is 1. The number of nitrogens with zero attached hydrogens (tertiary/aromatic N) is 6. The number of carbonyl (C=O) groups is 2. The number of rotatable bonds is 4. The average Bonchev–Trinajstić information content (AvgIpc) is 3.37. The van der Waals surface area contributed by atoms with Gasteiger partial charge in [-0.25, -0.2) is 4.98 Å². The average molecular weight is 424 g/mol. The number of aromatic nitrogens is 5. The van der Waals surface area contributed by atoms with Crippen LogP contribution in [0.5, 0.6) is 0 Å². The standard InChI is InChI=1S/C20H24N8O3/c1-11-10-31-8-7-26(11)15-9-14-19-18(23-15)17(13-3-5-22-24-13)25-27(19)6-4-16(29)28(14)12(2)20(21)30/h3,5,9,11-12H,4,6-8,10H2,1-2H3,(H2,21,30)(H,22,24)/t11-,12?/m1/s1. The number of amides is 2. The molecule has 162 valence electrons. The van der Waals surface area contributed by atoms with Gasteiger partial charge < -0.3 is 15.4 Å². The van der Waals surface area contributed by atoms with Crippen molar-refractivity contribution >= 4 is 34.4 Å². The van der Waals surface area contributed by atoms with E-state index in [-0.39, 0.29) is 18.4 Å². The van der Waals surface area contributed by atoms with Crippen LogP contribution < -0.4 is 15.5 Å². The van der Waals surface area contributed by atoms with Crippen LogP contribution in [0.2, 0.25) is 0 Å². The third kappa shape index (κ3) is 3.12. The molecule has 1 saturated heterocycles. The van der Waals surface area contributed by atoms with Crippen LogP contribution in [0.1, 0.15) is 20.3 Å². The predicted octanol–water partition coefficient (Wildman–Crippen LogP) is 0.657. The first-order chi connectivity index (χ1) is 15.0. The van der Waals surface area contributed by atoms with Gasteiger partial charge in [0.15, 0.2) is 0 Å². The van der Waals surface area contributed by atoms with E-state index >= 15 is 0 Å². The number of carbonyl (C=O) groups excluding carboxylic acids is 2. The topological polar surface area (TPSA) is 135 Å². The summed E-state index contributed by atoms with van der Waals surface area (Å²) in [6.07, 6.45) is 1.86. The molecular formula is C20H24N8O3. The lowest BCUT2D eigenvalue weighted by molar-refractivity contribution is -0.124. The summed E-state index contributed by atoms with van der Waals surface area (Å²) >= 11 is 0. The number of H-pyrrole nitrogens is 1. The van der Waals surface area contributed by atoms with Gasteiger partial charge in [0.25, 0.3) is 0 Å². The number of nitrogens with two attached hydrogens (primary N) is 1. The molecule has 3 aromatic heterocycles. The molecule has 0 aromatic carbocycles. The molecule has 31 heavy (non-hydrogen) atoms. The van der Waals surface area contributed by atoms with Crippen molar-refractivity contribution in [3.05, 3.63) is 18.3 Å². The second-order valence-electron chi connectivity index (χ2n) is 7.95. The van der Waals surface area contributed by atoms with Crippen molar-refractivity contribution in [3.63, 3.8) is 0 Å². The van der Waals surface area contributed by atoms with Crippen molar-refractivity contribution < 1.29 is 14.3 Å². The Kier molecular flexibility index (Phi) is 4.62. The third-order valence-electron chi connectivity index (χ3n) is 5.94. The third-order valence-corrected chi connectivity index (χ3v) is 5.94. The van der Waals surface area contributed by atoms with Crippen molar-refractivity contribution in [2.45, 2.75) is 38.9 Å². The van der Waals surface area contributed by atoms with Gasteiger partial charge in [-0.05, 0) is 19.9 Å². The molecule has 5 rings (SSSR count). The first kappa shape index (κ1) is 19.5. The molecule has 5 heterocycles. The van der Waals surface area contributed by atoms with E-state index in [0.717, 1.165) is 5.69 Å². The predicted molar refractivity (Wildman–Crippen MR) is 113 cm³/mol. The molecule has 0 bridgehead atoms. The molecule has 11 nitrogen and oxygen atoms in total. The van der Waals surface area contributed by atoms with E-state index in [1.165, 1.54) is 4.90 Å². The van der Waals surface area contributed by atoms with Crippen molar-refractivity contribution in [2.75, 3.05) is 29.6 Å². The fraction of sp³-hybridized carbons (Fsp3) is 0.450. The number of hydrogen-bond donors (Lipinski definition) is 2. The lowest BCUT2D eigenvalue weighted by Gasteiger charge is -2.35. The smallest absolute Gasteiger partial charge is 0.240 e. The molecule has 2 atom stereocenters. The lowest BCUT2D eigenvalue weighted by Crippen LogP contribution is -2.47. The van der Waals surface area contributed by atoms with Gasteiger partial charge in [0.1, 0.15) is 28.6 Å². The van der Waals surface area contributed by atoms with Crippen LogP contribution >= 0.6 is 0 Å². The van der Waals surface area contributed by atoms with Gasteiger partial charge in [-0.15, -0.1) is 0 Å². The Morgan fingerprint density at radius 3 is 2.94 bits per heavy atom. The molecule has 0 saturated carbocycles. The number of morpholine rings is 1. The summed E-state index contributed by atoms with van der Waals surface area (Å²) in [4.78, 5) is 33.7. The Balaban J connectivity index is 1.79. The monoisotopic (exact) mass is 424 g/mol. The van der Waals surface area contributed by atoms with Crippen LogP contribution in [0.4, 0.5) is 11.5 Å². The molecule has 2 aliphatic heterocycles. The van der Waals surface area contributed by atoms with E-state index in [1.54, 1.807) is 17.8 Å². The van der Waals surface area contributed by atoms with Crippen LogP contribution in [0, 0.1) is 0 Å². The van der Waals surface area contributed by atoms with Crippen LogP contribution in [0.3, 0.4) is 0 Å². The largest absolute Gasteiger partial charge is 0.377 e. The number of pyridine rings is 1. The summed E-state index contributed by atoms with van der Waals surface area (Å²) in [5.74, 6) is -0.0373. The number of aryl methyl sites for hydroxylation is 1. The second kappa shape index (κ2) is 7.34. The molecule has 0 aliphatic carbocycles. The summed E-state index contributed by atoms with van der Waals surface area (Å²) < 4.78 is 7.36. The molecular weight excluding hydrogens is 400 g/mol. The Labute approximate surface area is 178 Å². The molecule has 2 amide bonds. The summed E-state index contributed by atoms with van der Waals surface area (Å²) in [7, 11) is 0.